The lowest BCUT2D eigenvalue weighted by atomic mass is 10.1. The summed E-state index contributed by atoms with van der Waals surface area (Å²) in [5.41, 5.74) is 2.78. The van der Waals surface area contributed by atoms with Gasteiger partial charge in [0.15, 0.2) is 11.5 Å². The standard InChI is InChI=1S/C30H36BrN3O6S/c1-7-32-30(36)22(4)33(18-23-9-8-10-24(31)16-23)29(35)19-34(25-14-20(2)13-21(3)15-25)41(37,38)26-11-12-27(39-5)28(17-26)40-6/h8-17,22H,7,18-19H2,1-6H3,(H,32,36)/t22-/m1/s1. The van der Waals surface area contributed by atoms with Gasteiger partial charge >= 0.3 is 0 Å². The Labute approximate surface area is 250 Å². The highest BCUT2D eigenvalue weighted by atomic mass is 79.9. The van der Waals surface area contributed by atoms with Gasteiger partial charge in [0.2, 0.25) is 11.8 Å². The highest BCUT2D eigenvalue weighted by Crippen LogP contribution is 2.33. The zero-order valence-corrected chi connectivity index (χ0v) is 26.5. The fourth-order valence-corrected chi connectivity index (χ4v) is 6.32. The van der Waals surface area contributed by atoms with Crippen molar-refractivity contribution >= 4 is 43.5 Å². The second-order valence-electron chi connectivity index (χ2n) is 9.60. The topological polar surface area (TPSA) is 105 Å². The van der Waals surface area contributed by atoms with Crippen molar-refractivity contribution in [2.45, 2.75) is 45.2 Å². The molecule has 0 fully saturated rings. The number of hydrogen-bond acceptors (Lipinski definition) is 6. The van der Waals surface area contributed by atoms with Crippen molar-refractivity contribution in [1.82, 2.24) is 10.2 Å². The molecule has 3 aromatic carbocycles. The van der Waals surface area contributed by atoms with Crippen molar-refractivity contribution in [2.75, 3.05) is 31.6 Å². The molecule has 0 heterocycles. The van der Waals surface area contributed by atoms with Crippen LogP contribution < -0.4 is 19.1 Å². The molecule has 41 heavy (non-hydrogen) atoms. The third kappa shape index (κ3) is 7.80. The van der Waals surface area contributed by atoms with Gasteiger partial charge in [-0.05, 0) is 80.8 Å². The Morgan fingerprint density at radius 2 is 1.61 bits per heavy atom. The van der Waals surface area contributed by atoms with Gasteiger partial charge in [-0.25, -0.2) is 8.42 Å². The number of nitrogens with zero attached hydrogens (tertiary/aromatic N) is 2. The fourth-order valence-electron chi connectivity index (χ4n) is 4.46. The predicted molar refractivity (Wildman–Crippen MR) is 163 cm³/mol. The highest BCUT2D eigenvalue weighted by Gasteiger charge is 2.33. The highest BCUT2D eigenvalue weighted by molar-refractivity contribution is 9.10. The van der Waals surface area contributed by atoms with E-state index in [-0.39, 0.29) is 23.1 Å². The Hall–Kier alpha value is -3.57. The van der Waals surface area contributed by atoms with Crippen molar-refractivity contribution in [3.8, 4) is 11.5 Å². The summed E-state index contributed by atoms with van der Waals surface area (Å²) in [5, 5.41) is 2.76. The van der Waals surface area contributed by atoms with Crippen LogP contribution in [0.1, 0.15) is 30.5 Å². The van der Waals surface area contributed by atoms with Crippen LogP contribution in [0.5, 0.6) is 11.5 Å². The number of methoxy groups -OCH3 is 2. The van der Waals surface area contributed by atoms with E-state index in [1.807, 2.05) is 44.2 Å². The lowest BCUT2D eigenvalue weighted by molar-refractivity contribution is -0.139. The van der Waals surface area contributed by atoms with Crippen LogP contribution in [0.2, 0.25) is 0 Å². The second kappa shape index (κ2) is 13.9. The number of rotatable bonds is 12. The number of sulfonamides is 1. The van der Waals surface area contributed by atoms with Gasteiger partial charge in [0.25, 0.3) is 10.0 Å². The third-order valence-corrected chi connectivity index (χ3v) is 8.74. The largest absolute Gasteiger partial charge is 0.493 e. The Bertz CT molecular complexity index is 1490. The van der Waals surface area contributed by atoms with E-state index in [1.54, 1.807) is 26.0 Å². The quantitative estimate of drug-likeness (QED) is 0.302. The van der Waals surface area contributed by atoms with Crippen LogP contribution in [-0.2, 0) is 26.2 Å². The van der Waals surface area contributed by atoms with E-state index in [2.05, 4.69) is 21.2 Å². The molecule has 0 saturated carbocycles. The minimum atomic E-state index is -4.27. The first-order valence-electron chi connectivity index (χ1n) is 13.1. The molecule has 0 radical (unpaired) electrons. The summed E-state index contributed by atoms with van der Waals surface area (Å²) < 4.78 is 40.8. The molecule has 0 spiro atoms. The fraction of sp³-hybridized carbons (Fsp3) is 0.333. The summed E-state index contributed by atoms with van der Waals surface area (Å²) in [6.07, 6.45) is 0. The van der Waals surface area contributed by atoms with Crippen LogP contribution >= 0.6 is 15.9 Å². The van der Waals surface area contributed by atoms with E-state index >= 15 is 0 Å². The minimum Gasteiger partial charge on any atom is -0.493 e. The Morgan fingerprint density at radius 1 is 0.951 bits per heavy atom. The maximum atomic E-state index is 14.2. The maximum Gasteiger partial charge on any atom is 0.264 e. The Morgan fingerprint density at radius 3 is 2.20 bits per heavy atom. The molecule has 0 aliphatic heterocycles. The van der Waals surface area contributed by atoms with Gasteiger partial charge in [0, 0.05) is 23.6 Å². The summed E-state index contributed by atoms with van der Waals surface area (Å²) in [6.45, 7) is 7.11. The van der Waals surface area contributed by atoms with Gasteiger partial charge in [-0.3, -0.25) is 13.9 Å². The van der Waals surface area contributed by atoms with E-state index in [1.165, 1.54) is 37.3 Å². The van der Waals surface area contributed by atoms with Crippen molar-refractivity contribution in [3.63, 3.8) is 0 Å². The summed E-state index contributed by atoms with van der Waals surface area (Å²) in [7, 11) is -1.39. The number of benzene rings is 3. The first-order chi connectivity index (χ1) is 19.4. The third-order valence-electron chi connectivity index (χ3n) is 6.48. The molecule has 11 heteroatoms. The summed E-state index contributed by atoms with van der Waals surface area (Å²) in [5.74, 6) is -0.263. The van der Waals surface area contributed by atoms with Gasteiger partial charge in [0.1, 0.15) is 12.6 Å². The van der Waals surface area contributed by atoms with Gasteiger partial charge in [-0.2, -0.15) is 0 Å². The average molecular weight is 647 g/mol. The van der Waals surface area contributed by atoms with Crippen LogP contribution in [0.4, 0.5) is 5.69 Å². The SMILES string of the molecule is CCNC(=O)[C@@H](C)N(Cc1cccc(Br)c1)C(=O)CN(c1cc(C)cc(C)c1)S(=O)(=O)c1ccc(OC)c(OC)c1. The lowest BCUT2D eigenvalue weighted by Crippen LogP contribution is -2.51. The molecule has 0 unspecified atom stereocenters. The first kappa shape index (κ1) is 32.0. The molecule has 220 valence electrons. The maximum absolute atomic E-state index is 14.2. The molecule has 2 amide bonds. The van der Waals surface area contributed by atoms with E-state index in [4.69, 9.17) is 9.47 Å². The number of hydrogen-bond donors (Lipinski definition) is 1. The van der Waals surface area contributed by atoms with E-state index in [9.17, 15) is 18.0 Å². The molecular weight excluding hydrogens is 610 g/mol. The molecule has 0 saturated heterocycles. The molecule has 3 aromatic rings. The van der Waals surface area contributed by atoms with Crippen molar-refractivity contribution < 1.29 is 27.5 Å². The Kier molecular flexibility index (Phi) is 10.8. The van der Waals surface area contributed by atoms with Gasteiger partial charge in [-0.15, -0.1) is 0 Å². The first-order valence-corrected chi connectivity index (χ1v) is 15.3. The normalized spacial score (nSPS) is 11.9. The molecule has 1 N–H and O–H groups in total. The zero-order valence-electron chi connectivity index (χ0n) is 24.1. The number of nitrogens with one attached hydrogen (secondary N) is 1. The molecular formula is C30H36BrN3O6S. The summed E-state index contributed by atoms with van der Waals surface area (Å²) in [6, 6.07) is 16.2. The summed E-state index contributed by atoms with van der Waals surface area (Å²) in [4.78, 5) is 28.2. The van der Waals surface area contributed by atoms with E-state index in [0.29, 0.717) is 18.0 Å². The molecule has 0 bridgehead atoms. The van der Waals surface area contributed by atoms with Crippen LogP contribution in [0.3, 0.4) is 0 Å². The van der Waals surface area contributed by atoms with Crippen LogP contribution in [0, 0.1) is 13.8 Å². The zero-order chi connectivity index (χ0) is 30.3. The monoisotopic (exact) mass is 645 g/mol. The molecule has 3 rings (SSSR count). The van der Waals surface area contributed by atoms with E-state index < -0.39 is 28.5 Å². The van der Waals surface area contributed by atoms with Gasteiger partial charge < -0.3 is 19.7 Å². The number of carbonyl (C=O) groups is 2. The van der Waals surface area contributed by atoms with Gasteiger partial charge in [-0.1, -0.05) is 34.1 Å². The smallest absolute Gasteiger partial charge is 0.264 e. The van der Waals surface area contributed by atoms with E-state index in [0.717, 1.165) is 25.5 Å². The van der Waals surface area contributed by atoms with Crippen molar-refractivity contribution in [3.05, 3.63) is 81.8 Å². The number of anilines is 1. The number of aryl methyl sites for hydroxylation is 2. The Balaban J connectivity index is 2.11. The molecule has 0 aromatic heterocycles. The number of ether oxygens (including phenoxy) is 2. The molecule has 9 nitrogen and oxygen atoms in total. The number of likely N-dealkylation sites (N-methyl/N-ethyl adjacent to an activating group) is 1. The molecule has 1 atom stereocenters. The minimum absolute atomic E-state index is 0.0718. The predicted octanol–water partition coefficient (Wildman–Crippen LogP) is 4.83. The summed E-state index contributed by atoms with van der Waals surface area (Å²) >= 11 is 3.45. The van der Waals surface area contributed by atoms with Crippen LogP contribution in [-0.4, -0.2) is 58.5 Å². The second-order valence-corrected chi connectivity index (χ2v) is 12.4. The van der Waals surface area contributed by atoms with Gasteiger partial charge in [0.05, 0.1) is 24.8 Å². The molecule has 0 aliphatic rings. The van der Waals surface area contributed by atoms with Crippen molar-refractivity contribution in [1.29, 1.82) is 0 Å². The van der Waals surface area contributed by atoms with Crippen molar-refractivity contribution in [2.24, 2.45) is 0 Å². The average Bonchev–Trinajstić information content (AvgIpc) is 2.93. The van der Waals surface area contributed by atoms with Crippen LogP contribution in [0.25, 0.3) is 0 Å². The molecule has 0 aliphatic carbocycles. The number of carbonyl (C=O) groups excluding carboxylic acids is 2. The lowest BCUT2D eigenvalue weighted by Gasteiger charge is -2.32. The van der Waals surface area contributed by atoms with Crippen LogP contribution in [0.15, 0.2) is 70.0 Å². The number of amides is 2. The number of halogens is 1.